The molecule has 0 fully saturated rings. The van der Waals surface area contributed by atoms with Crippen molar-refractivity contribution in [1.29, 1.82) is 0 Å². The van der Waals surface area contributed by atoms with Crippen LogP contribution in [0, 0.1) is 0 Å². The van der Waals surface area contributed by atoms with Gasteiger partial charge in [0.15, 0.2) is 0 Å². The van der Waals surface area contributed by atoms with Crippen molar-refractivity contribution in [3.8, 4) is 0 Å². The van der Waals surface area contributed by atoms with E-state index < -0.39 is 0 Å². The van der Waals surface area contributed by atoms with Gasteiger partial charge in [0, 0.05) is 19.0 Å². The van der Waals surface area contributed by atoms with Gasteiger partial charge in [-0.2, -0.15) is 5.54 Å². The molecule has 0 aromatic carbocycles. The highest BCUT2D eigenvalue weighted by Crippen LogP contribution is 2.00. The van der Waals surface area contributed by atoms with Crippen LogP contribution >= 0.6 is 11.6 Å². The standard InChI is InChI=1S/C10H21ClFNO2/c11-5-3-1-2-4-7-14-9-10-15-8-6-13-12/h13H,1-10H2. The fraction of sp³-hybridized carbons (Fsp3) is 1.00. The van der Waals surface area contributed by atoms with Gasteiger partial charge in [-0.1, -0.05) is 12.8 Å². The highest BCUT2D eigenvalue weighted by atomic mass is 35.5. The summed E-state index contributed by atoms with van der Waals surface area (Å²) in [4.78, 5) is 0. The van der Waals surface area contributed by atoms with Gasteiger partial charge in [0.25, 0.3) is 0 Å². The van der Waals surface area contributed by atoms with Crippen LogP contribution in [0.5, 0.6) is 0 Å². The molecule has 0 unspecified atom stereocenters. The number of hydrogen-bond donors (Lipinski definition) is 1. The number of rotatable bonds is 12. The first-order chi connectivity index (χ1) is 7.41. The molecule has 0 rings (SSSR count). The van der Waals surface area contributed by atoms with Gasteiger partial charge in [-0.3, -0.25) is 0 Å². The highest BCUT2D eigenvalue weighted by Gasteiger charge is 1.91. The molecule has 0 aliphatic carbocycles. The third-order valence-electron chi connectivity index (χ3n) is 1.89. The highest BCUT2D eigenvalue weighted by molar-refractivity contribution is 6.17. The molecule has 0 aromatic rings. The monoisotopic (exact) mass is 241 g/mol. The van der Waals surface area contributed by atoms with E-state index in [1.165, 1.54) is 18.4 Å². The summed E-state index contributed by atoms with van der Waals surface area (Å²) < 4.78 is 21.8. The van der Waals surface area contributed by atoms with Crippen molar-refractivity contribution in [3.63, 3.8) is 0 Å². The second-order valence-corrected chi connectivity index (χ2v) is 3.59. The molecule has 3 nitrogen and oxygen atoms in total. The van der Waals surface area contributed by atoms with Gasteiger partial charge in [-0.05, 0) is 12.8 Å². The van der Waals surface area contributed by atoms with Crippen molar-refractivity contribution < 1.29 is 14.0 Å². The molecule has 0 bridgehead atoms. The normalized spacial score (nSPS) is 10.8. The van der Waals surface area contributed by atoms with E-state index in [-0.39, 0.29) is 6.54 Å². The van der Waals surface area contributed by atoms with E-state index in [4.69, 9.17) is 21.1 Å². The SMILES string of the molecule is FNCCOCCOCCCCCCCl. The van der Waals surface area contributed by atoms with Crippen LogP contribution in [0.4, 0.5) is 4.48 Å². The Morgan fingerprint density at radius 3 is 2.20 bits per heavy atom. The number of ether oxygens (including phenoxy) is 2. The lowest BCUT2D eigenvalue weighted by molar-refractivity contribution is 0.0435. The maximum Gasteiger partial charge on any atom is 0.0701 e. The third kappa shape index (κ3) is 14.1. The molecule has 1 N–H and O–H groups in total. The number of halogens is 2. The average molecular weight is 242 g/mol. The van der Waals surface area contributed by atoms with Crippen LogP contribution in [0.3, 0.4) is 0 Å². The maximum absolute atomic E-state index is 11.4. The largest absolute Gasteiger partial charge is 0.379 e. The van der Waals surface area contributed by atoms with Crippen molar-refractivity contribution in [2.45, 2.75) is 25.7 Å². The summed E-state index contributed by atoms with van der Waals surface area (Å²) in [6.45, 7) is 2.51. The number of alkyl halides is 1. The van der Waals surface area contributed by atoms with Gasteiger partial charge in [-0.25, -0.2) is 0 Å². The molecular weight excluding hydrogens is 221 g/mol. The van der Waals surface area contributed by atoms with Crippen LogP contribution in [0.1, 0.15) is 25.7 Å². The summed E-state index contributed by atoms with van der Waals surface area (Å²) in [5.41, 5.74) is 1.52. The maximum atomic E-state index is 11.4. The second-order valence-electron chi connectivity index (χ2n) is 3.21. The molecule has 0 atom stereocenters. The lowest BCUT2D eigenvalue weighted by Crippen LogP contribution is -2.13. The number of hydrogen-bond acceptors (Lipinski definition) is 3. The summed E-state index contributed by atoms with van der Waals surface area (Å²) in [5, 5.41) is 0. The molecule has 0 radical (unpaired) electrons. The van der Waals surface area contributed by atoms with Crippen LogP contribution in [0.15, 0.2) is 0 Å². The minimum atomic E-state index is 0.235. The van der Waals surface area contributed by atoms with Crippen molar-refractivity contribution in [2.24, 2.45) is 0 Å². The van der Waals surface area contributed by atoms with Crippen LogP contribution < -0.4 is 5.54 Å². The van der Waals surface area contributed by atoms with Crippen LogP contribution in [0.25, 0.3) is 0 Å². The van der Waals surface area contributed by atoms with Gasteiger partial charge in [-0.15, -0.1) is 16.1 Å². The van der Waals surface area contributed by atoms with Gasteiger partial charge >= 0.3 is 0 Å². The van der Waals surface area contributed by atoms with Gasteiger partial charge in [0.1, 0.15) is 0 Å². The number of nitrogens with one attached hydrogen (secondary N) is 1. The zero-order valence-electron chi connectivity index (χ0n) is 9.14. The summed E-state index contributed by atoms with van der Waals surface area (Å²) in [6.07, 6.45) is 4.49. The lowest BCUT2D eigenvalue weighted by Gasteiger charge is -2.04. The molecule has 0 aliphatic heterocycles. The van der Waals surface area contributed by atoms with Crippen LogP contribution in [-0.2, 0) is 9.47 Å². The molecule has 15 heavy (non-hydrogen) atoms. The summed E-state index contributed by atoms with van der Waals surface area (Å²) >= 11 is 5.54. The summed E-state index contributed by atoms with van der Waals surface area (Å²) in [7, 11) is 0. The van der Waals surface area contributed by atoms with Gasteiger partial charge in [0.2, 0.25) is 0 Å². The first kappa shape index (κ1) is 15.1. The van der Waals surface area contributed by atoms with E-state index in [2.05, 4.69) is 0 Å². The molecule has 0 spiro atoms. The molecule has 0 aliphatic rings. The van der Waals surface area contributed by atoms with E-state index >= 15 is 0 Å². The predicted octanol–water partition coefficient (Wildman–Crippen LogP) is 2.29. The Labute approximate surface area is 96.2 Å². The van der Waals surface area contributed by atoms with Crippen molar-refractivity contribution in [3.05, 3.63) is 0 Å². The lowest BCUT2D eigenvalue weighted by atomic mass is 10.2. The fourth-order valence-corrected chi connectivity index (χ4v) is 1.27. The Hall–Kier alpha value is 0.1000. The van der Waals surface area contributed by atoms with E-state index in [0.29, 0.717) is 19.8 Å². The Morgan fingerprint density at radius 2 is 1.53 bits per heavy atom. The Balaban J connectivity index is 2.81. The molecular formula is C10H21ClFNO2. The van der Waals surface area contributed by atoms with E-state index in [1.54, 1.807) is 0 Å². The zero-order valence-corrected chi connectivity index (χ0v) is 9.90. The first-order valence-electron chi connectivity index (χ1n) is 5.46. The quantitative estimate of drug-likeness (QED) is 0.323. The topological polar surface area (TPSA) is 30.5 Å². The van der Waals surface area contributed by atoms with Crippen LogP contribution in [-0.4, -0.2) is 38.9 Å². The molecule has 0 saturated carbocycles. The van der Waals surface area contributed by atoms with E-state index in [9.17, 15) is 4.48 Å². The predicted molar refractivity (Wildman–Crippen MR) is 59.9 cm³/mol. The molecule has 0 amide bonds. The van der Waals surface area contributed by atoms with Gasteiger partial charge in [0.05, 0.1) is 19.8 Å². The summed E-state index contributed by atoms with van der Waals surface area (Å²) in [6, 6.07) is 0. The smallest absolute Gasteiger partial charge is 0.0701 e. The van der Waals surface area contributed by atoms with Crippen molar-refractivity contribution >= 4 is 11.6 Å². The molecule has 0 aromatic heterocycles. The minimum Gasteiger partial charge on any atom is -0.379 e. The third-order valence-corrected chi connectivity index (χ3v) is 2.15. The molecule has 5 heteroatoms. The van der Waals surface area contributed by atoms with Crippen molar-refractivity contribution in [1.82, 2.24) is 5.54 Å². The molecule has 92 valence electrons. The first-order valence-corrected chi connectivity index (χ1v) is 6.00. The van der Waals surface area contributed by atoms with E-state index in [0.717, 1.165) is 25.3 Å². The second kappa shape index (κ2) is 14.1. The molecule has 0 saturated heterocycles. The molecule has 0 heterocycles. The summed E-state index contributed by atoms with van der Waals surface area (Å²) in [5.74, 6) is 0.747. The average Bonchev–Trinajstić information content (AvgIpc) is 2.26. The Morgan fingerprint density at radius 1 is 0.867 bits per heavy atom. The number of unbranched alkanes of at least 4 members (excludes halogenated alkanes) is 3. The van der Waals surface area contributed by atoms with Gasteiger partial charge < -0.3 is 9.47 Å². The van der Waals surface area contributed by atoms with Crippen LogP contribution in [0.2, 0.25) is 0 Å². The fourth-order valence-electron chi connectivity index (χ4n) is 1.08. The van der Waals surface area contributed by atoms with E-state index in [1.807, 2.05) is 0 Å². The Kier molecular flexibility index (Phi) is 14.2. The zero-order chi connectivity index (χ0) is 11.2. The van der Waals surface area contributed by atoms with Crippen molar-refractivity contribution in [2.75, 3.05) is 38.9 Å². The Bertz CT molecular complexity index is 108. The minimum absolute atomic E-state index is 0.235.